The van der Waals surface area contributed by atoms with Gasteiger partial charge in [0.25, 0.3) is 0 Å². The molecule has 0 aliphatic carbocycles. The van der Waals surface area contributed by atoms with E-state index in [1.165, 1.54) is 29.2 Å². The highest BCUT2D eigenvalue weighted by Gasteiger charge is 2.44. The van der Waals surface area contributed by atoms with E-state index in [-0.39, 0.29) is 18.7 Å². The summed E-state index contributed by atoms with van der Waals surface area (Å²) < 4.78 is 104. The van der Waals surface area contributed by atoms with Crippen molar-refractivity contribution < 1.29 is 45.3 Å². The van der Waals surface area contributed by atoms with Gasteiger partial charge in [-0.3, -0.25) is 0 Å². The van der Waals surface area contributed by atoms with Crippen LogP contribution >= 0.6 is 11.6 Å². The summed E-state index contributed by atoms with van der Waals surface area (Å²) in [6.07, 6.45) is -14.5. The molecule has 0 heterocycles. The van der Waals surface area contributed by atoms with E-state index in [2.05, 4.69) is 4.74 Å². The highest BCUT2D eigenvalue weighted by molar-refractivity contribution is 6.31. The number of nitrogens with zero attached hydrogens (tertiary/aromatic N) is 1. The minimum Gasteiger partial charge on any atom is -0.457 e. The number of hydrogen-bond acceptors (Lipinski definition) is 4. The van der Waals surface area contributed by atoms with Crippen LogP contribution in [0.3, 0.4) is 0 Å². The number of ether oxygens (including phenoxy) is 2. The van der Waals surface area contributed by atoms with E-state index in [1.54, 1.807) is 42.5 Å². The van der Waals surface area contributed by atoms with E-state index in [9.17, 15) is 35.8 Å². The number of benzene rings is 4. The number of hydrogen-bond donors (Lipinski definition) is 1. The molecule has 0 amide bonds. The van der Waals surface area contributed by atoms with Gasteiger partial charge >= 0.3 is 18.7 Å². The summed E-state index contributed by atoms with van der Waals surface area (Å²) >= 11 is 6.20. The predicted molar refractivity (Wildman–Crippen MR) is 153 cm³/mol. The number of aryl methyl sites for hydroxylation is 1. The SMILES string of the molecule is CCc1cc(Oc2cccc(N(Cc3cccc(OC(F)(F)C(F)F)c3)CC(O)c3ccccc3C(F)(F)F)c2)ccc1Cl. The summed E-state index contributed by atoms with van der Waals surface area (Å²) in [5, 5.41) is 11.6. The molecule has 0 spiro atoms. The Balaban J connectivity index is 1.68. The Bertz CT molecular complexity index is 1570. The van der Waals surface area contributed by atoms with Crippen LogP contribution in [-0.2, 0) is 19.1 Å². The fourth-order valence-corrected chi connectivity index (χ4v) is 4.76. The van der Waals surface area contributed by atoms with E-state index in [1.807, 2.05) is 6.92 Å². The van der Waals surface area contributed by atoms with Crippen LogP contribution < -0.4 is 14.4 Å². The molecular weight excluding hydrogens is 615 g/mol. The molecule has 12 heteroatoms. The van der Waals surface area contributed by atoms with Crippen LogP contribution in [0.4, 0.5) is 36.4 Å². The summed E-state index contributed by atoms with van der Waals surface area (Å²) in [7, 11) is 0. The summed E-state index contributed by atoms with van der Waals surface area (Å²) in [5.74, 6) is 0.303. The van der Waals surface area contributed by atoms with E-state index in [4.69, 9.17) is 16.3 Å². The van der Waals surface area contributed by atoms with Crippen LogP contribution in [0.25, 0.3) is 0 Å². The topological polar surface area (TPSA) is 41.9 Å². The Hall–Kier alpha value is -3.96. The van der Waals surface area contributed by atoms with E-state index in [0.29, 0.717) is 34.2 Å². The Labute approximate surface area is 254 Å². The van der Waals surface area contributed by atoms with Crippen molar-refractivity contribution >= 4 is 17.3 Å². The zero-order valence-electron chi connectivity index (χ0n) is 23.2. The molecule has 1 N–H and O–H groups in total. The molecule has 0 radical (unpaired) electrons. The zero-order chi connectivity index (χ0) is 32.1. The molecule has 0 aliphatic heterocycles. The van der Waals surface area contributed by atoms with Gasteiger partial charge in [0, 0.05) is 29.9 Å². The van der Waals surface area contributed by atoms with Crippen molar-refractivity contribution in [2.24, 2.45) is 0 Å². The number of aliphatic hydroxyl groups excluding tert-OH is 1. The van der Waals surface area contributed by atoms with E-state index < -0.39 is 36.1 Å². The lowest BCUT2D eigenvalue weighted by atomic mass is 10.0. The molecule has 4 rings (SSSR count). The largest absolute Gasteiger partial charge is 0.461 e. The average Bonchev–Trinajstić information content (AvgIpc) is 2.97. The molecule has 4 aromatic carbocycles. The van der Waals surface area contributed by atoms with Gasteiger partial charge in [-0.05, 0) is 71.6 Å². The van der Waals surface area contributed by atoms with Crippen molar-refractivity contribution in [2.75, 3.05) is 11.4 Å². The summed E-state index contributed by atoms with van der Waals surface area (Å²) in [6, 6.07) is 21.2. The number of aliphatic hydroxyl groups is 1. The van der Waals surface area contributed by atoms with Crippen molar-refractivity contribution in [3.8, 4) is 17.2 Å². The normalized spacial score (nSPS) is 12.7. The molecule has 0 fully saturated rings. The molecule has 1 atom stereocenters. The third-order valence-corrected chi connectivity index (χ3v) is 6.98. The smallest absolute Gasteiger partial charge is 0.457 e. The van der Waals surface area contributed by atoms with Gasteiger partial charge in [-0.25, -0.2) is 0 Å². The van der Waals surface area contributed by atoms with Gasteiger partial charge in [0.15, 0.2) is 0 Å². The maximum atomic E-state index is 13.7. The molecular formula is C32H27ClF7NO3. The monoisotopic (exact) mass is 641 g/mol. The number of halogens is 8. The number of alkyl halides is 7. The minimum atomic E-state index is -4.74. The molecule has 44 heavy (non-hydrogen) atoms. The maximum Gasteiger partial charge on any atom is 0.461 e. The quantitative estimate of drug-likeness (QED) is 0.156. The second-order valence-corrected chi connectivity index (χ2v) is 10.2. The molecule has 0 saturated heterocycles. The lowest BCUT2D eigenvalue weighted by Gasteiger charge is -2.29. The first kappa shape index (κ1) is 32.9. The minimum absolute atomic E-state index is 0.132. The van der Waals surface area contributed by atoms with Gasteiger partial charge < -0.3 is 19.5 Å². The van der Waals surface area contributed by atoms with Crippen LogP contribution in [0, 0.1) is 0 Å². The van der Waals surface area contributed by atoms with Crippen molar-refractivity contribution in [3.63, 3.8) is 0 Å². The Morgan fingerprint density at radius 1 is 0.818 bits per heavy atom. The van der Waals surface area contributed by atoms with E-state index >= 15 is 0 Å². The van der Waals surface area contributed by atoms with Gasteiger partial charge in [0.2, 0.25) is 0 Å². The standard InChI is InChI=1S/C32H27ClF7NO3/c1-2-21-16-24(13-14-28(21)33)43-23-9-6-8-22(17-23)41(19-29(42)26-11-3-4-12-27(26)31(36,37)38)18-20-7-5-10-25(15-20)44-32(39,40)30(34)35/h3-17,29-30,42H,2,18-19H2,1H3. The van der Waals surface area contributed by atoms with Gasteiger partial charge in [-0.1, -0.05) is 54.9 Å². The van der Waals surface area contributed by atoms with Crippen molar-refractivity contribution in [1.82, 2.24) is 0 Å². The highest BCUT2D eigenvalue weighted by Crippen LogP contribution is 2.36. The van der Waals surface area contributed by atoms with Crippen molar-refractivity contribution in [2.45, 2.75) is 44.7 Å². The zero-order valence-corrected chi connectivity index (χ0v) is 23.9. The highest BCUT2D eigenvalue weighted by atomic mass is 35.5. The van der Waals surface area contributed by atoms with Gasteiger partial charge in [-0.15, -0.1) is 0 Å². The van der Waals surface area contributed by atoms with Crippen LogP contribution in [0.2, 0.25) is 5.02 Å². The molecule has 0 saturated carbocycles. The van der Waals surface area contributed by atoms with Crippen molar-refractivity contribution in [3.05, 3.63) is 118 Å². The lowest BCUT2D eigenvalue weighted by Crippen LogP contribution is -2.33. The maximum absolute atomic E-state index is 13.7. The third kappa shape index (κ3) is 8.35. The van der Waals surface area contributed by atoms with Crippen LogP contribution in [-0.4, -0.2) is 24.2 Å². The number of rotatable bonds is 12. The van der Waals surface area contributed by atoms with E-state index in [0.717, 1.165) is 29.8 Å². The molecule has 0 aliphatic rings. The molecule has 234 valence electrons. The van der Waals surface area contributed by atoms with Crippen LogP contribution in [0.5, 0.6) is 17.2 Å². The first-order valence-electron chi connectivity index (χ1n) is 13.4. The molecule has 1 unspecified atom stereocenters. The first-order valence-corrected chi connectivity index (χ1v) is 13.7. The second-order valence-electron chi connectivity index (χ2n) is 9.80. The van der Waals surface area contributed by atoms with Gasteiger partial charge in [0.1, 0.15) is 17.2 Å². The summed E-state index contributed by atoms with van der Waals surface area (Å²) in [4.78, 5) is 1.51. The molecule has 0 bridgehead atoms. The summed E-state index contributed by atoms with van der Waals surface area (Å²) in [5.41, 5.74) is 0.177. The third-order valence-electron chi connectivity index (χ3n) is 6.61. The Morgan fingerprint density at radius 3 is 2.20 bits per heavy atom. The number of anilines is 1. The Morgan fingerprint density at radius 2 is 1.50 bits per heavy atom. The molecule has 4 nitrogen and oxygen atoms in total. The summed E-state index contributed by atoms with van der Waals surface area (Å²) in [6.45, 7) is 1.43. The lowest BCUT2D eigenvalue weighted by molar-refractivity contribution is -0.253. The Kier molecular flexibility index (Phi) is 10.3. The fraction of sp³-hybridized carbons (Fsp3) is 0.250. The van der Waals surface area contributed by atoms with Crippen molar-refractivity contribution in [1.29, 1.82) is 0 Å². The fourth-order valence-electron chi connectivity index (χ4n) is 4.51. The molecule has 0 aromatic heterocycles. The first-order chi connectivity index (χ1) is 20.8. The van der Waals surface area contributed by atoms with Crippen LogP contribution in [0.15, 0.2) is 91.0 Å². The van der Waals surface area contributed by atoms with Gasteiger partial charge in [0.05, 0.1) is 11.7 Å². The average molecular weight is 642 g/mol. The van der Waals surface area contributed by atoms with Crippen LogP contribution in [0.1, 0.15) is 35.3 Å². The predicted octanol–water partition coefficient (Wildman–Crippen LogP) is 9.69. The molecule has 4 aromatic rings. The second kappa shape index (κ2) is 13.8. The van der Waals surface area contributed by atoms with Gasteiger partial charge in [-0.2, -0.15) is 30.7 Å².